The van der Waals surface area contributed by atoms with Crippen LogP contribution in [-0.2, 0) is 63.8 Å². The van der Waals surface area contributed by atoms with Gasteiger partial charge < -0.3 is 65.3 Å². The van der Waals surface area contributed by atoms with Gasteiger partial charge in [-0.3, -0.25) is 4.79 Å². The van der Waals surface area contributed by atoms with Crippen molar-refractivity contribution >= 4 is 91.7 Å². The summed E-state index contributed by atoms with van der Waals surface area (Å²) in [6, 6.07) is 42.6. The molecule has 4 aromatic carbocycles. The Morgan fingerprint density at radius 1 is 0.487 bits per heavy atom. The van der Waals surface area contributed by atoms with Gasteiger partial charge in [-0.1, -0.05) is 195 Å². The maximum Gasteiger partial charge on any atom is 1.00 e. The van der Waals surface area contributed by atoms with Gasteiger partial charge >= 0.3 is 51.4 Å². The SMILES string of the molecule is CC(=O)[S-].CC(C)(C)[Si](OCCOCCO)(c1ccccc1)c1ccccc1.CCCOCCO[Si](c1ccccc1)(c1ccccc1)C(C)(C)C.CCCOCCS(=O)(=O)Cl.CCCOCCSC(C)=O.OCCOCCO.[K+]. The van der Waals surface area contributed by atoms with Crippen LogP contribution in [0, 0.1) is 0 Å². The average molecular weight is 1260 g/mol. The zero-order valence-electron chi connectivity index (χ0n) is 50.1. The van der Waals surface area contributed by atoms with E-state index in [0.29, 0.717) is 59.5 Å². The molecule has 0 spiro atoms. The van der Waals surface area contributed by atoms with Crippen LogP contribution in [0.4, 0.5) is 0 Å². The van der Waals surface area contributed by atoms with E-state index in [1.807, 2.05) is 19.1 Å². The molecular formula is C59H96ClKO14S3Si2. The fourth-order valence-corrected chi connectivity index (χ4v) is 17.7. The summed E-state index contributed by atoms with van der Waals surface area (Å²) >= 11 is 5.30. The molecule has 0 heterocycles. The number of rotatable bonds is 30. The molecule has 14 nitrogen and oxygen atoms in total. The van der Waals surface area contributed by atoms with E-state index in [4.69, 9.17) is 53.8 Å². The predicted molar refractivity (Wildman–Crippen MR) is 334 cm³/mol. The van der Waals surface area contributed by atoms with Gasteiger partial charge in [0.2, 0.25) is 9.05 Å². The van der Waals surface area contributed by atoms with Crippen LogP contribution >= 0.6 is 22.4 Å². The normalized spacial score (nSPS) is 11.2. The van der Waals surface area contributed by atoms with Gasteiger partial charge in [-0.15, -0.1) is 0 Å². The van der Waals surface area contributed by atoms with Crippen LogP contribution in [0.5, 0.6) is 0 Å². The maximum atomic E-state index is 10.4. The van der Waals surface area contributed by atoms with Gasteiger partial charge in [-0.05, 0) is 57.0 Å². The van der Waals surface area contributed by atoms with E-state index in [1.54, 1.807) is 6.92 Å². The Bertz CT molecular complexity index is 1970. The first-order valence-corrected chi connectivity index (χ1v) is 34.7. The molecule has 3 N–H and O–H groups in total. The number of ether oxygens (including phenoxy) is 5. The number of aliphatic hydroxyl groups excluding tert-OH is 3. The van der Waals surface area contributed by atoms with Crippen molar-refractivity contribution in [1.82, 2.24) is 0 Å². The van der Waals surface area contributed by atoms with Gasteiger partial charge in [0, 0.05) is 48.3 Å². The summed E-state index contributed by atoms with van der Waals surface area (Å²) in [6.45, 7) is 29.2. The molecule has 0 aromatic heterocycles. The van der Waals surface area contributed by atoms with Crippen molar-refractivity contribution in [2.75, 3.05) is 111 Å². The van der Waals surface area contributed by atoms with E-state index >= 15 is 0 Å². The Hall–Kier alpha value is -1.30. The van der Waals surface area contributed by atoms with E-state index in [2.05, 4.69) is 182 Å². The van der Waals surface area contributed by atoms with E-state index in [1.165, 1.54) is 39.4 Å². The third kappa shape index (κ3) is 38.6. The summed E-state index contributed by atoms with van der Waals surface area (Å²) in [5.41, 5.74) is 0. The van der Waals surface area contributed by atoms with Crippen LogP contribution in [0.15, 0.2) is 121 Å². The summed E-state index contributed by atoms with van der Waals surface area (Å²) in [4.78, 5) is 19.6. The zero-order chi connectivity index (χ0) is 59.9. The number of benzene rings is 4. The molecular weight excluding hydrogens is 1160 g/mol. The number of hydrogen-bond donors (Lipinski definition) is 3. The smallest absolute Gasteiger partial charge is 0.742 e. The van der Waals surface area contributed by atoms with Crippen molar-refractivity contribution in [2.24, 2.45) is 0 Å². The Morgan fingerprint density at radius 3 is 1.00 bits per heavy atom. The zero-order valence-corrected chi connectivity index (χ0v) is 58.5. The van der Waals surface area contributed by atoms with E-state index < -0.39 is 25.7 Å². The third-order valence-electron chi connectivity index (χ3n) is 10.7. The number of hydrogen-bond acceptors (Lipinski definition) is 16. The number of thioether (sulfide) groups is 1. The summed E-state index contributed by atoms with van der Waals surface area (Å²) in [6.07, 6.45) is 2.98. The largest absolute Gasteiger partial charge is 1.00 e. The minimum atomic E-state index is -3.36. The van der Waals surface area contributed by atoms with Crippen LogP contribution < -0.4 is 72.1 Å². The molecule has 0 amide bonds. The van der Waals surface area contributed by atoms with Crippen molar-refractivity contribution in [2.45, 2.75) is 106 Å². The average Bonchev–Trinajstić information content (AvgIpc) is 3.40. The Balaban J connectivity index is -0.000000979. The maximum absolute atomic E-state index is 10.4. The molecule has 450 valence electrons. The molecule has 0 aliphatic heterocycles. The van der Waals surface area contributed by atoms with Gasteiger partial charge in [0.05, 0.1) is 85.0 Å². The standard InChI is InChI=1S/C21H30O2Si.C20H28O3Si.C7H14O2S.C5H11ClO3S.C4H10O3.C2H4OS.K/c1-5-16-22-17-18-23-24(21(2,3)4,19-12-8-6-9-13-19)20-14-10-7-11-15-20;1-20(2,3)24(18-10-6-4-7-11-18,19-12-8-5-9-13-19)23-17-16-22-15-14-21;1-3-4-9-5-6-10-7(2)8;1-2-3-9-4-5-10(6,7)8;5-1-3-7-4-2-6;1-2(3)4;/h6-15H,5,16-18H2,1-4H3;4-13,21H,14-17H2,1-3H3;3-6H2,1-2H3;2-5H2,1H3;5-6H,1-4H2;1H3,(H,3,4);/q;;;;;;+1/p-1. The van der Waals surface area contributed by atoms with E-state index in [0.717, 1.165) is 38.2 Å². The first kappa shape index (κ1) is 82.9. The first-order chi connectivity index (χ1) is 37.5. The Morgan fingerprint density at radius 2 is 0.750 bits per heavy atom. The molecule has 0 fully saturated rings. The molecule has 0 bridgehead atoms. The van der Waals surface area contributed by atoms with Gasteiger partial charge in [-0.2, -0.15) is 0 Å². The molecule has 80 heavy (non-hydrogen) atoms. The van der Waals surface area contributed by atoms with Gasteiger partial charge in [0.1, 0.15) is 0 Å². The molecule has 0 saturated heterocycles. The molecule has 0 radical (unpaired) electrons. The second-order valence-corrected chi connectivity index (χ2v) is 32.7. The van der Waals surface area contributed by atoms with Crippen LogP contribution in [0.1, 0.15) is 95.4 Å². The van der Waals surface area contributed by atoms with Crippen molar-refractivity contribution in [3.05, 3.63) is 121 Å². The number of aliphatic hydroxyl groups is 3. The van der Waals surface area contributed by atoms with E-state index in [9.17, 15) is 18.0 Å². The quantitative estimate of drug-likeness (QED) is 0.0263. The molecule has 0 saturated carbocycles. The minimum Gasteiger partial charge on any atom is -0.742 e. The number of carbonyl (C=O) groups excluding carboxylic acids is 2. The fraction of sp³-hybridized carbons (Fsp3) is 0.559. The summed E-state index contributed by atoms with van der Waals surface area (Å²) in [5, 5.41) is 30.1. The molecule has 4 aromatic rings. The van der Waals surface area contributed by atoms with Crippen LogP contribution in [0.3, 0.4) is 0 Å². The Labute approximate surface area is 541 Å². The van der Waals surface area contributed by atoms with Gasteiger partial charge in [-0.25, -0.2) is 8.42 Å². The number of halogens is 1. The fourth-order valence-electron chi connectivity index (χ4n) is 7.57. The van der Waals surface area contributed by atoms with Gasteiger partial charge in [0.25, 0.3) is 16.6 Å². The molecule has 0 aliphatic carbocycles. The predicted octanol–water partition coefficient (Wildman–Crippen LogP) is 5.31. The topological polar surface area (TPSA) is 194 Å². The second kappa shape index (κ2) is 51.0. The monoisotopic (exact) mass is 1250 g/mol. The minimum absolute atomic E-state index is 0. The van der Waals surface area contributed by atoms with Crippen molar-refractivity contribution in [3.8, 4) is 0 Å². The Kier molecular flexibility index (Phi) is 52.8. The van der Waals surface area contributed by atoms with Crippen LogP contribution in [-0.4, -0.2) is 161 Å². The molecule has 21 heteroatoms. The number of carbonyl (C=O) groups is 2. The van der Waals surface area contributed by atoms with E-state index in [-0.39, 0.29) is 104 Å². The van der Waals surface area contributed by atoms with Crippen LogP contribution in [0.2, 0.25) is 10.1 Å². The van der Waals surface area contributed by atoms with Crippen LogP contribution in [0.25, 0.3) is 0 Å². The van der Waals surface area contributed by atoms with Crippen molar-refractivity contribution in [1.29, 1.82) is 0 Å². The molecule has 4 rings (SSSR count). The summed E-state index contributed by atoms with van der Waals surface area (Å²) in [5.74, 6) is 0.684. The van der Waals surface area contributed by atoms with Crippen molar-refractivity contribution in [3.63, 3.8) is 0 Å². The van der Waals surface area contributed by atoms with Crippen molar-refractivity contribution < 1.29 is 117 Å². The molecule has 0 aliphatic rings. The first-order valence-electron chi connectivity index (χ1n) is 27.0. The summed E-state index contributed by atoms with van der Waals surface area (Å²) in [7, 11) is -3.29. The summed E-state index contributed by atoms with van der Waals surface area (Å²) < 4.78 is 59.7. The molecule has 0 unspecified atom stereocenters. The third-order valence-corrected chi connectivity index (χ3v) is 22.7. The molecule has 0 atom stereocenters. The van der Waals surface area contributed by atoms with Gasteiger partial charge in [0.15, 0.2) is 5.12 Å². The second-order valence-electron chi connectivity index (χ2n) is 19.3.